The Labute approximate surface area is 142 Å². The Morgan fingerprint density at radius 2 is 1.33 bits per heavy atom. The molecule has 2 N–H and O–H groups in total. The molecule has 128 valence electrons. The molecular formula is C20H24F2N2. The van der Waals surface area contributed by atoms with Gasteiger partial charge in [-0.3, -0.25) is 0 Å². The van der Waals surface area contributed by atoms with Gasteiger partial charge >= 0.3 is 0 Å². The Hall–Kier alpha value is -1.78. The van der Waals surface area contributed by atoms with Gasteiger partial charge in [-0.15, -0.1) is 0 Å². The second kappa shape index (κ2) is 7.86. The van der Waals surface area contributed by atoms with E-state index in [1.54, 1.807) is 0 Å². The van der Waals surface area contributed by atoms with Crippen LogP contribution in [0, 0.1) is 17.6 Å². The molecule has 0 unspecified atom stereocenters. The second-order valence-corrected chi connectivity index (χ2v) is 6.55. The highest BCUT2D eigenvalue weighted by molar-refractivity contribution is 5.34. The van der Waals surface area contributed by atoms with Crippen LogP contribution in [0.5, 0.6) is 0 Å². The molecule has 0 aliphatic carbocycles. The Morgan fingerprint density at radius 1 is 0.875 bits per heavy atom. The molecular weight excluding hydrogens is 306 g/mol. The van der Waals surface area contributed by atoms with E-state index in [-0.39, 0.29) is 17.6 Å². The van der Waals surface area contributed by atoms with E-state index in [2.05, 4.69) is 4.90 Å². The molecule has 1 aliphatic heterocycles. The minimum Gasteiger partial charge on any atom is -0.329 e. The van der Waals surface area contributed by atoms with Crippen molar-refractivity contribution in [2.24, 2.45) is 11.7 Å². The van der Waals surface area contributed by atoms with Crippen molar-refractivity contribution in [3.8, 4) is 0 Å². The van der Waals surface area contributed by atoms with Crippen molar-refractivity contribution >= 4 is 0 Å². The van der Waals surface area contributed by atoms with Crippen molar-refractivity contribution in [1.29, 1.82) is 0 Å². The molecule has 4 heteroatoms. The molecule has 0 bridgehead atoms. The molecule has 0 saturated carbocycles. The van der Waals surface area contributed by atoms with Crippen molar-refractivity contribution in [2.45, 2.75) is 18.8 Å². The van der Waals surface area contributed by atoms with Crippen LogP contribution in [0.4, 0.5) is 8.78 Å². The molecule has 3 rings (SSSR count). The summed E-state index contributed by atoms with van der Waals surface area (Å²) in [5, 5.41) is 0. The molecule has 24 heavy (non-hydrogen) atoms. The van der Waals surface area contributed by atoms with Gasteiger partial charge in [0, 0.05) is 19.0 Å². The van der Waals surface area contributed by atoms with Crippen molar-refractivity contribution in [2.75, 3.05) is 26.2 Å². The first-order valence-electron chi connectivity index (χ1n) is 8.60. The van der Waals surface area contributed by atoms with Crippen LogP contribution in [-0.4, -0.2) is 31.1 Å². The molecule has 0 atom stereocenters. The lowest BCUT2D eigenvalue weighted by Gasteiger charge is -2.36. The van der Waals surface area contributed by atoms with Crippen LogP contribution in [0.15, 0.2) is 48.5 Å². The van der Waals surface area contributed by atoms with Gasteiger partial charge in [-0.2, -0.15) is 0 Å². The summed E-state index contributed by atoms with van der Waals surface area (Å²) in [6, 6.07) is 13.5. The van der Waals surface area contributed by atoms with Gasteiger partial charge in [0.25, 0.3) is 0 Å². The van der Waals surface area contributed by atoms with E-state index in [1.165, 1.54) is 24.3 Å². The standard InChI is InChI=1S/C20H24F2N2/c21-18-5-1-15(2-6-18)20(16-3-7-19(22)8-4-16)17-9-12-24(13-10-17)14-11-23/h1-8,17,20H,9-14,23H2. The molecule has 0 aromatic heterocycles. The van der Waals surface area contributed by atoms with E-state index in [1.807, 2.05) is 24.3 Å². The highest BCUT2D eigenvalue weighted by atomic mass is 19.1. The van der Waals surface area contributed by atoms with Gasteiger partial charge < -0.3 is 10.6 Å². The van der Waals surface area contributed by atoms with Gasteiger partial charge in [0.05, 0.1) is 0 Å². The van der Waals surface area contributed by atoms with Crippen molar-refractivity contribution in [3.05, 3.63) is 71.3 Å². The zero-order chi connectivity index (χ0) is 16.9. The average molecular weight is 330 g/mol. The smallest absolute Gasteiger partial charge is 0.123 e. The topological polar surface area (TPSA) is 29.3 Å². The first kappa shape index (κ1) is 17.1. The summed E-state index contributed by atoms with van der Waals surface area (Å²) in [6.45, 7) is 3.68. The molecule has 1 aliphatic rings. The first-order chi connectivity index (χ1) is 11.7. The predicted octanol–water partition coefficient (Wildman–Crippen LogP) is 3.77. The molecule has 2 aromatic carbocycles. The third-order valence-corrected chi connectivity index (χ3v) is 5.01. The fourth-order valence-electron chi connectivity index (χ4n) is 3.77. The summed E-state index contributed by atoms with van der Waals surface area (Å²) in [6.07, 6.45) is 2.14. The van der Waals surface area contributed by atoms with E-state index in [0.29, 0.717) is 12.5 Å². The average Bonchev–Trinajstić information content (AvgIpc) is 2.60. The van der Waals surface area contributed by atoms with E-state index < -0.39 is 0 Å². The van der Waals surface area contributed by atoms with Crippen molar-refractivity contribution in [3.63, 3.8) is 0 Å². The summed E-state index contributed by atoms with van der Waals surface area (Å²) >= 11 is 0. The Bertz CT molecular complexity index is 586. The number of halogens is 2. The number of nitrogens with zero attached hydrogens (tertiary/aromatic N) is 1. The Balaban J connectivity index is 1.85. The second-order valence-electron chi connectivity index (χ2n) is 6.55. The quantitative estimate of drug-likeness (QED) is 0.904. The summed E-state index contributed by atoms with van der Waals surface area (Å²) < 4.78 is 26.6. The minimum absolute atomic E-state index is 0.172. The summed E-state index contributed by atoms with van der Waals surface area (Å²) in [4.78, 5) is 2.39. The number of rotatable bonds is 5. The monoisotopic (exact) mass is 330 g/mol. The molecule has 1 heterocycles. The molecule has 2 nitrogen and oxygen atoms in total. The van der Waals surface area contributed by atoms with Crippen LogP contribution >= 0.6 is 0 Å². The van der Waals surface area contributed by atoms with Crippen LogP contribution in [-0.2, 0) is 0 Å². The first-order valence-corrected chi connectivity index (χ1v) is 8.60. The maximum absolute atomic E-state index is 13.3. The molecule has 0 spiro atoms. The largest absolute Gasteiger partial charge is 0.329 e. The highest BCUT2D eigenvalue weighted by Gasteiger charge is 2.28. The number of hydrogen-bond donors (Lipinski definition) is 1. The third-order valence-electron chi connectivity index (χ3n) is 5.01. The zero-order valence-electron chi connectivity index (χ0n) is 13.8. The number of hydrogen-bond acceptors (Lipinski definition) is 2. The van der Waals surface area contributed by atoms with E-state index in [4.69, 9.17) is 5.73 Å². The number of likely N-dealkylation sites (tertiary alicyclic amines) is 1. The molecule has 0 radical (unpaired) electrons. The zero-order valence-corrected chi connectivity index (χ0v) is 13.8. The molecule has 1 fully saturated rings. The van der Waals surface area contributed by atoms with E-state index in [0.717, 1.165) is 43.6 Å². The van der Waals surface area contributed by atoms with Crippen LogP contribution in [0.2, 0.25) is 0 Å². The SMILES string of the molecule is NCCN1CCC(C(c2ccc(F)cc2)c2ccc(F)cc2)CC1. The lowest BCUT2D eigenvalue weighted by Crippen LogP contribution is -2.38. The van der Waals surface area contributed by atoms with Crippen LogP contribution in [0.25, 0.3) is 0 Å². The van der Waals surface area contributed by atoms with Crippen molar-refractivity contribution in [1.82, 2.24) is 4.90 Å². The maximum atomic E-state index is 13.3. The summed E-state index contributed by atoms with van der Waals surface area (Å²) in [5.41, 5.74) is 7.85. The third kappa shape index (κ3) is 4.00. The van der Waals surface area contributed by atoms with Crippen LogP contribution < -0.4 is 5.73 Å². The fraction of sp³-hybridized carbons (Fsp3) is 0.400. The Morgan fingerprint density at radius 3 is 1.75 bits per heavy atom. The van der Waals surface area contributed by atoms with Gasteiger partial charge in [-0.1, -0.05) is 24.3 Å². The normalized spacial score (nSPS) is 16.7. The van der Waals surface area contributed by atoms with Crippen LogP contribution in [0.1, 0.15) is 29.9 Å². The number of piperidine rings is 1. The maximum Gasteiger partial charge on any atom is 0.123 e. The Kier molecular flexibility index (Phi) is 5.59. The molecule has 0 amide bonds. The summed E-state index contributed by atoms with van der Waals surface area (Å²) in [7, 11) is 0. The highest BCUT2D eigenvalue weighted by Crippen LogP contribution is 2.38. The van der Waals surface area contributed by atoms with Gasteiger partial charge in [-0.05, 0) is 67.2 Å². The van der Waals surface area contributed by atoms with Gasteiger partial charge in [0.2, 0.25) is 0 Å². The lowest BCUT2D eigenvalue weighted by atomic mass is 9.76. The number of nitrogens with two attached hydrogens (primary N) is 1. The van der Waals surface area contributed by atoms with Gasteiger partial charge in [-0.25, -0.2) is 8.78 Å². The van der Waals surface area contributed by atoms with Gasteiger partial charge in [0.15, 0.2) is 0 Å². The predicted molar refractivity (Wildman–Crippen MR) is 92.9 cm³/mol. The van der Waals surface area contributed by atoms with Gasteiger partial charge in [0.1, 0.15) is 11.6 Å². The number of benzene rings is 2. The van der Waals surface area contributed by atoms with Crippen LogP contribution in [0.3, 0.4) is 0 Å². The lowest BCUT2D eigenvalue weighted by molar-refractivity contribution is 0.179. The molecule has 2 aromatic rings. The van der Waals surface area contributed by atoms with E-state index in [9.17, 15) is 8.78 Å². The minimum atomic E-state index is -0.227. The van der Waals surface area contributed by atoms with Crippen molar-refractivity contribution < 1.29 is 8.78 Å². The summed E-state index contributed by atoms with van der Waals surface area (Å²) in [5.74, 6) is 0.185. The van der Waals surface area contributed by atoms with E-state index >= 15 is 0 Å². The molecule has 1 saturated heterocycles. The fourth-order valence-corrected chi connectivity index (χ4v) is 3.77.